The van der Waals surface area contributed by atoms with Crippen molar-refractivity contribution in [3.8, 4) is 5.75 Å². The van der Waals surface area contributed by atoms with Crippen molar-refractivity contribution >= 4 is 5.91 Å². The van der Waals surface area contributed by atoms with E-state index in [-0.39, 0.29) is 10.8 Å². The molecule has 0 spiro atoms. The van der Waals surface area contributed by atoms with Crippen molar-refractivity contribution in [3.05, 3.63) is 29.8 Å². The molecule has 1 aromatic carbocycles. The van der Waals surface area contributed by atoms with Crippen LogP contribution in [0.1, 0.15) is 64.9 Å². The van der Waals surface area contributed by atoms with Crippen molar-refractivity contribution in [1.82, 2.24) is 4.90 Å². The van der Waals surface area contributed by atoms with E-state index in [1.807, 2.05) is 18.0 Å². The molecule has 2 rings (SSSR count). The molecule has 1 amide bonds. The Bertz CT molecular complexity index is 563. The number of piperidine rings is 1. The van der Waals surface area contributed by atoms with Crippen molar-refractivity contribution < 1.29 is 9.53 Å². The van der Waals surface area contributed by atoms with Gasteiger partial charge in [0.1, 0.15) is 5.75 Å². The zero-order chi connectivity index (χ0) is 17.8. The maximum atomic E-state index is 13.1. The molecule has 3 heteroatoms. The summed E-state index contributed by atoms with van der Waals surface area (Å²) < 4.78 is 5.45. The van der Waals surface area contributed by atoms with Crippen LogP contribution in [0.2, 0.25) is 0 Å². The maximum Gasteiger partial charge on any atom is 0.228 e. The van der Waals surface area contributed by atoms with Gasteiger partial charge in [-0.2, -0.15) is 0 Å². The molecule has 0 radical (unpaired) electrons. The largest absolute Gasteiger partial charge is 0.497 e. The highest BCUT2D eigenvalue weighted by Gasteiger charge is 2.51. The van der Waals surface area contributed by atoms with E-state index in [1.54, 1.807) is 7.11 Å². The van der Waals surface area contributed by atoms with Crippen molar-refractivity contribution in [2.75, 3.05) is 20.7 Å². The topological polar surface area (TPSA) is 29.5 Å². The maximum absolute atomic E-state index is 13.1. The van der Waals surface area contributed by atoms with Gasteiger partial charge in [0.25, 0.3) is 0 Å². The van der Waals surface area contributed by atoms with Crippen LogP contribution < -0.4 is 4.74 Å². The lowest BCUT2D eigenvalue weighted by Crippen LogP contribution is -2.56. The third kappa shape index (κ3) is 3.31. The Morgan fingerprint density at radius 1 is 1.17 bits per heavy atom. The summed E-state index contributed by atoms with van der Waals surface area (Å²) >= 11 is 0. The minimum absolute atomic E-state index is 0.0154. The van der Waals surface area contributed by atoms with Crippen molar-refractivity contribution in [2.45, 2.75) is 64.7 Å². The van der Waals surface area contributed by atoms with Crippen LogP contribution in [0.4, 0.5) is 0 Å². The molecular weight excluding hydrogens is 298 g/mol. The molecule has 1 heterocycles. The van der Waals surface area contributed by atoms with Crippen LogP contribution in [0.25, 0.3) is 0 Å². The molecule has 24 heavy (non-hydrogen) atoms. The molecule has 0 saturated carbocycles. The molecule has 1 saturated heterocycles. The minimum Gasteiger partial charge on any atom is -0.497 e. The Morgan fingerprint density at radius 2 is 1.83 bits per heavy atom. The fourth-order valence-electron chi connectivity index (χ4n) is 4.77. The Balaban J connectivity index is 2.50. The number of carbonyl (C=O) groups is 1. The van der Waals surface area contributed by atoms with E-state index in [0.717, 1.165) is 50.8 Å². The van der Waals surface area contributed by atoms with E-state index >= 15 is 0 Å². The van der Waals surface area contributed by atoms with Gasteiger partial charge in [0.05, 0.1) is 12.5 Å². The lowest BCUT2D eigenvalue weighted by atomic mass is 9.60. The van der Waals surface area contributed by atoms with Gasteiger partial charge < -0.3 is 9.64 Å². The molecule has 1 atom stereocenters. The average molecular weight is 332 g/mol. The second-order valence-electron chi connectivity index (χ2n) is 7.48. The second kappa shape index (κ2) is 7.58. The van der Waals surface area contributed by atoms with Crippen LogP contribution in [-0.2, 0) is 10.2 Å². The summed E-state index contributed by atoms with van der Waals surface area (Å²) in [5, 5.41) is 0. The van der Waals surface area contributed by atoms with Gasteiger partial charge in [0.15, 0.2) is 0 Å². The number of amides is 1. The summed E-state index contributed by atoms with van der Waals surface area (Å²) in [5.74, 6) is 1.25. The number of carbonyl (C=O) groups excluding carboxylic acids is 1. The first-order valence-corrected chi connectivity index (χ1v) is 9.37. The molecule has 134 valence electrons. The van der Waals surface area contributed by atoms with Gasteiger partial charge in [-0.15, -0.1) is 0 Å². The Hall–Kier alpha value is -1.51. The van der Waals surface area contributed by atoms with E-state index in [1.165, 1.54) is 5.56 Å². The van der Waals surface area contributed by atoms with Gasteiger partial charge in [-0.3, -0.25) is 4.79 Å². The zero-order valence-corrected chi connectivity index (χ0v) is 16.0. The number of hydrogen-bond donors (Lipinski definition) is 0. The monoisotopic (exact) mass is 331 g/mol. The predicted octanol–water partition coefficient (Wildman–Crippen LogP) is 4.79. The highest BCUT2D eigenvalue weighted by Crippen LogP contribution is 2.50. The summed E-state index contributed by atoms with van der Waals surface area (Å²) in [4.78, 5) is 15.1. The van der Waals surface area contributed by atoms with E-state index in [2.05, 4.69) is 39.0 Å². The summed E-state index contributed by atoms with van der Waals surface area (Å²) in [6.45, 7) is 7.44. The lowest BCUT2D eigenvalue weighted by molar-refractivity contribution is -0.150. The van der Waals surface area contributed by atoms with Crippen LogP contribution in [0.15, 0.2) is 24.3 Å². The van der Waals surface area contributed by atoms with Crippen LogP contribution in [0, 0.1) is 5.41 Å². The second-order valence-corrected chi connectivity index (χ2v) is 7.48. The molecule has 0 N–H and O–H groups in total. The summed E-state index contributed by atoms with van der Waals surface area (Å²) in [6.07, 6.45) is 6.06. The van der Waals surface area contributed by atoms with E-state index in [4.69, 9.17) is 4.74 Å². The zero-order valence-electron chi connectivity index (χ0n) is 16.0. The van der Waals surface area contributed by atoms with Gasteiger partial charge >= 0.3 is 0 Å². The third-order valence-electron chi connectivity index (χ3n) is 5.83. The van der Waals surface area contributed by atoms with Crippen molar-refractivity contribution in [2.24, 2.45) is 5.41 Å². The number of likely N-dealkylation sites (N-methyl/N-ethyl adjacent to an activating group) is 1. The van der Waals surface area contributed by atoms with Crippen LogP contribution in [-0.4, -0.2) is 31.5 Å². The van der Waals surface area contributed by atoms with E-state index in [9.17, 15) is 4.79 Å². The summed E-state index contributed by atoms with van der Waals surface area (Å²) in [7, 11) is 3.69. The molecule has 3 nitrogen and oxygen atoms in total. The van der Waals surface area contributed by atoms with Gasteiger partial charge in [-0.1, -0.05) is 45.7 Å². The standard InChI is InChI=1S/C21H33NO2/c1-6-12-21(13-7-2)15-20(8-3,16-22(4)19(21)23)17-10-9-11-18(14-17)24-5/h9-11,14H,6-8,12-13,15-16H2,1-5H3. The number of methoxy groups -OCH3 is 1. The summed E-state index contributed by atoms with van der Waals surface area (Å²) in [5.41, 5.74) is 1.11. The van der Waals surface area contributed by atoms with Crippen LogP contribution >= 0.6 is 0 Å². The first-order valence-electron chi connectivity index (χ1n) is 9.37. The number of likely N-dealkylation sites (tertiary alicyclic amines) is 1. The molecule has 1 unspecified atom stereocenters. The summed E-state index contributed by atoms with van der Waals surface area (Å²) in [6, 6.07) is 8.44. The molecule has 0 aliphatic carbocycles. The lowest BCUT2D eigenvalue weighted by Gasteiger charge is -2.51. The van der Waals surface area contributed by atoms with E-state index < -0.39 is 0 Å². The number of hydrogen-bond acceptors (Lipinski definition) is 2. The highest BCUT2D eigenvalue weighted by molar-refractivity contribution is 5.84. The Morgan fingerprint density at radius 3 is 2.38 bits per heavy atom. The molecule has 1 aromatic rings. The molecule has 1 aliphatic heterocycles. The van der Waals surface area contributed by atoms with Gasteiger partial charge in [0.2, 0.25) is 5.91 Å². The number of rotatable bonds is 7. The molecular formula is C21H33NO2. The molecule has 1 fully saturated rings. The fraction of sp³-hybridized carbons (Fsp3) is 0.667. The number of ether oxygens (including phenoxy) is 1. The van der Waals surface area contributed by atoms with Crippen LogP contribution in [0.3, 0.4) is 0 Å². The SMILES string of the molecule is CCCC1(CCC)CC(CC)(c2cccc(OC)c2)CN(C)C1=O. The Kier molecular flexibility index (Phi) is 5.95. The van der Waals surface area contributed by atoms with Gasteiger partial charge in [0, 0.05) is 19.0 Å². The van der Waals surface area contributed by atoms with Crippen molar-refractivity contribution in [3.63, 3.8) is 0 Å². The Labute approximate surface area is 147 Å². The molecule has 0 aromatic heterocycles. The van der Waals surface area contributed by atoms with Gasteiger partial charge in [-0.25, -0.2) is 0 Å². The molecule has 0 bridgehead atoms. The predicted molar refractivity (Wildman–Crippen MR) is 99.5 cm³/mol. The molecule has 1 aliphatic rings. The van der Waals surface area contributed by atoms with Crippen molar-refractivity contribution in [1.29, 1.82) is 0 Å². The highest BCUT2D eigenvalue weighted by atomic mass is 16.5. The number of nitrogens with zero attached hydrogens (tertiary/aromatic N) is 1. The van der Waals surface area contributed by atoms with Crippen LogP contribution in [0.5, 0.6) is 5.75 Å². The minimum atomic E-state index is -0.213. The third-order valence-corrected chi connectivity index (χ3v) is 5.83. The first-order chi connectivity index (χ1) is 11.5. The fourth-order valence-corrected chi connectivity index (χ4v) is 4.77. The van der Waals surface area contributed by atoms with Gasteiger partial charge in [-0.05, 0) is 43.4 Å². The normalized spacial score (nSPS) is 23.4. The number of benzene rings is 1. The first kappa shape index (κ1) is 18.8. The van der Waals surface area contributed by atoms with E-state index in [0.29, 0.717) is 5.91 Å². The quantitative estimate of drug-likeness (QED) is 0.719. The smallest absolute Gasteiger partial charge is 0.228 e. The average Bonchev–Trinajstić information content (AvgIpc) is 2.59.